The van der Waals surface area contributed by atoms with Gasteiger partial charge in [0.25, 0.3) is 11.8 Å². The van der Waals surface area contributed by atoms with Gasteiger partial charge in [-0.1, -0.05) is 31.2 Å². The third-order valence-corrected chi connectivity index (χ3v) is 5.01. The highest BCUT2D eigenvalue weighted by Crippen LogP contribution is 2.18. The first-order chi connectivity index (χ1) is 12.5. The Morgan fingerprint density at radius 1 is 1.19 bits per heavy atom. The molecule has 1 saturated heterocycles. The number of aryl methyl sites for hydroxylation is 1. The van der Waals surface area contributed by atoms with Crippen LogP contribution in [0.3, 0.4) is 0 Å². The summed E-state index contributed by atoms with van der Waals surface area (Å²) < 4.78 is 0. The van der Waals surface area contributed by atoms with Crippen molar-refractivity contribution < 1.29 is 9.59 Å². The van der Waals surface area contributed by atoms with Crippen LogP contribution in [0, 0.1) is 12.8 Å². The number of amides is 2. The summed E-state index contributed by atoms with van der Waals surface area (Å²) in [6.07, 6.45) is 3.56. The molecule has 0 radical (unpaired) electrons. The summed E-state index contributed by atoms with van der Waals surface area (Å²) in [6, 6.07) is 11.2. The van der Waals surface area contributed by atoms with Crippen LogP contribution in [0.25, 0.3) is 0 Å². The first-order valence-corrected chi connectivity index (χ1v) is 9.12. The second-order valence-corrected chi connectivity index (χ2v) is 7.01. The molecule has 1 N–H and O–H groups in total. The van der Waals surface area contributed by atoms with E-state index in [1.807, 2.05) is 36.1 Å². The second kappa shape index (κ2) is 8.13. The van der Waals surface area contributed by atoms with Gasteiger partial charge < -0.3 is 10.2 Å². The second-order valence-electron chi connectivity index (χ2n) is 7.01. The van der Waals surface area contributed by atoms with Gasteiger partial charge in [0.05, 0.1) is 0 Å². The Bertz CT molecular complexity index is 795. The molecule has 3 rings (SSSR count). The van der Waals surface area contributed by atoms with Gasteiger partial charge in [-0.3, -0.25) is 14.6 Å². The SMILES string of the molecule is Cc1ccccc1CNC(=O)c1ccnc(C(=O)N2CCC(C)CC2)c1. The Kier molecular flexibility index (Phi) is 5.66. The van der Waals surface area contributed by atoms with Gasteiger partial charge in [-0.15, -0.1) is 0 Å². The molecular weight excluding hydrogens is 326 g/mol. The first kappa shape index (κ1) is 18.1. The highest BCUT2D eigenvalue weighted by molar-refractivity contribution is 5.98. The van der Waals surface area contributed by atoms with Gasteiger partial charge in [-0.25, -0.2) is 0 Å². The van der Waals surface area contributed by atoms with E-state index in [0.717, 1.165) is 37.1 Å². The maximum Gasteiger partial charge on any atom is 0.272 e. The number of hydrogen-bond donors (Lipinski definition) is 1. The van der Waals surface area contributed by atoms with Crippen molar-refractivity contribution in [2.45, 2.75) is 33.2 Å². The minimum Gasteiger partial charge on any atom is -0.348 e. The predicted octanol–water partition coefficient (Wildman–Crippen LogP) is 3.19. The molecule has 0 unspecified atom stereocenters. The summed E-state index contributed by atoms with van der Waals surface area (Å²) in [5.74, 6) is 0.369. The number of carbonyl (C=O) groups excluding carboxylic acids is 2. The molecule has 26 heavy (non-hydrogen) atoms. The monoisotopic (exact) mass is 351 g/mol. The minimum absolute atomic E-state index is 0.0922. The fraction of sp³-hybridized carbons (Fsp3) is 0.381. The Labute approximate surface area is 154 Å². The molecule has 0 aliphatic carbocycles. The summed E-state index contributed by atoms with van der Waals surface area (Å²) in [4.78, 5) is 31.1. The summed E-state index contributed by atoms with van der Waals surface area (Å²) in [6.45, 7) is 6.20. The number of nitrogens with zero attached hydrogens (tertiary/aromatic N) is 2. The van der Waals surface area contributed by atoms with E-state index >= 15 is 0 Å². The molecule has 1 aliphatic rings. The predicted molar refractivity (Wildman–Crippen MR) is 101 cm³/mol. The fourth-order valence-electron chi connectivity index (χ4n) is 3.15. The zero-order valence-electron chi connectivity index (χ0n) is 15.4. The zero-order chi connectivity index (χ0) is 18.5. The lowest BCUT2D eigenvalue weighted by molar-refractivity contribution is 0.0691. The molecule has 2 aromatic rings. The van der Waals surface area contributed by atoms with Crippen LogP contribution in [0.5, 0.6) is 0 Å². The number of carbonyl (C=O) groups is 2. The van der Waals surface area contributed by atoms with Crippen LogP contribution < -0.4 is 5.32 Å². The van der Waals surface area contributed by atoms with Crippen molar-refractivity contribution in [1.29, 1.82) is 0 Å². The van der Waals surface area contributed by atoms with E-state index in [1.165, 1.54) is 6.20 Å². The summed E-state index contributed by atoms with van der Waals surface area (Å²) >= 11 is 0. The third-order valence-electron chi connectivity index (χ3n) is 5.01. The van der Waals surface area contributed by atoms with Crippen LogP contribution in [-0.4, -0.2) is 34.8 Å². The highest BCUT2D eigenvalue weighted by Gasteiger charge is 2.23. The normalized spacial score (nSPS) is 14.9. The van der Waals surface area contributed by atoms with E-state index in [9.17, 15) is 9.59 Å². The van der Waals surface area contributed by atoms with Gasteiger partial charge in [0.1, 0.15) is 5.69 Å². The van der Waals surface area contributed by atoms with Crippen molar-refractivity contribution in [1.82, 2.24) is 15.2 Å². The number of aromatic nitrogens is 1. The maximum absolute atomic E-state index is 12.6. The lowest BCUT2D eigenvalue weighted by Gasteiger charge is -2.30. The number of hydrogen-bond acceptors (Lipinski definition) is 3. The molecule has 1 aromatic carbocycles. The standard InChI is InChI=1S/C21H25N3O2/c1-15-8-11-24(12-9-15)21(26)19-13-17(7-10-22-19)20(25)23-14-18-6-4-3-5-16(18)2/h3-7,10,13,15H,8-9,11-12,14H2,1-2H3,(H,23,25). The van der Waals surface area contributed by atoms with Crippen molar-refractivity contribution in [3.8, 4) is 0 Å². The van der Waals surface area contributed by atoms with E-state index in [4.69, 9.17) is 0 Å². The van der Waals surface area contributed by atoms with Crippen LogP contribution in [0.1, 0.15) is 51.7 Å². The Morgan fingerprint density at radius 3 is 2.65 bits per heavy atom. The van der Waals surface area contributed by atoms with E-state index in [2.05, 4.69) is 17.2 Å². The van der Waals surface area contributed by atoms with Gasteiger partial charge in [0.15, 0.2) is 0 Å². The van der Waals surface area contributed by atoms with E-state index < -0.39 is 0 Å². The molecule has 0 atom stereocenters. The lowest BCUT2D eigenvalue weighted by atomic mass is 9.99. The first-order valence-electron chi connectivity index (χ1n) is 9.12. The fourth-order valence-corrected chi connectivity index (χ4v) is 3.15. The molecule has 0 spiro atoms. The Morgan fingerprint density at radius 2 is 1.92 bits per heavy atom. The number of rotatable bonds is 4. The average molecular weight is 351 g/mol. The zero-order valence-corrected chi connectivity index (χ0v) is 15.4. The van der Waals surface area contributed by atoms with Crippen molar-refractivity contribution >= 4 is 11.8 Å². The number of benzene rings is 1. The van der Waals surface area contributed by atoms with Crippen molar-refractivity contribution in [2.75, 3.05) is 13.1 Å². The molecule has 0 bridgehead atoms. The maximum atomic E-state index is 12.6. The molecule has 1 aromatic heterocycles. The van der Waals surface area contributed by atoms with Gasteiger partial charge in [-0.05, 0) is 48.9 Å². The average Bonchev–Trinajstić information content (AvgIpc) is 2.67. The van der Waals surface area contributed by atoms with Gasteiger partial charge in [0, 0.05) is 31.4 Å². The molecule has 2 amide bonds. The highest BCUT2D eigenvalue weighted by atomic mass is 16.2. The van der Waals surface area contributed by atoms with Gasteiger partial charge in [0.2, 0.25) is 0 Å². The van der Waals surface area contributed by atoms with E-state index in [-0.39, 0.29) is 11.8 Å². The molecule has 5 heteroatoms. The summed E-state index contributed by atoms with van der Waals surface area (Å²) in [5, 5.41) is 2.92. The summed E-state index contributed by atoms with van der Waals surface area (Å²) in [7, 11) is 0. The lowest BCUT2D eigenvalue weighted by Crippen LogP contribution is -2.38. The van der Waals surface area contributed by atoms with E-state index in [0.29, 0.717) is 23.7 Å². The van der Waals surface area contributed by atoms with Crippen LogP contribution >= 0.6 is 0 Å². The quantitative estimate of drug-likeness (QED) is 0.920. The smallest absolute Gasteiger partial charge is 0.272 e. The van der Waals surface area contributed by atoms with Crippen molar-refractivity contribution in [2.24, 2.45) is 5.92 Å². The van der Waals surface area contributed by atoms with Crippen LogP contribution in [0.2, 0.25) is 0 Å². The number of pyridine rings is 1. The molecule has 2 heterocycles. The minimum atomic E-state index is -0.197. The number of likely N-dealkylation sites (tertiary alicyclic amines) is 1. The molecule has 5 nitrogen and oxygen atoms in total. The molecule has 136 valence electrons. The molecule has 1 aliphatic heterocycles. The van der Waals surface area contributed by atoms with Crippen molar-refractivity contribution in [3.05, 3.63) is 65.0 Å². The number of nitrogens with one attached hydrogen (secondary N) is 1. The largest absolute Gasteiger partial charge is 0.348 e. The molecule has 1 fully saturated rings. The Balaban J connectivity index is 1.65. The van der Waals surface area contributed by atoms with Crippen LogP contribution in [0.15, 0.2) is 42.6 Å². The van der Waals surface area contributed by atoms with Gasteiger partial charge >= 0.3 is 0 Å². The number of piperidine rings is 1. The van der Waals surface area contributed by atoms with Crippen molar-refractivity contribution in [3.63, 3.8) is 0 Å². The Hall–Kier alpha value is -2.69. The molecular formula is C21H25N3O2. The van der Waals surface area contributed by atoms with Gasteiger partial charge in [-0.2, -0.15) is 0 Å². The molecule has 0 saturated carbocycles. The summed E-state index contributed by atoms with van der Waals surface area (Å²) in [5.41, 5.74) is 3.01. The van der Waals surface area contributed by atoms with Crippen LogP contribution in [-0.2, 0) is 6.54 Å². The van der Waals surface area contributed by atoms with E-state index in [1.54, 1.807) is 12.1 Å². The topological polar surface area (TPSA) is 62.3 Å². The third kappa shape index (κ3) is 4.28. The van der Waals surface area contributed by atoms with Crippen LogP contribution in [0.4, 0.5) is 0 Å².